The maximum Gasteiger partial charge on any atom is 0.305 e. The van der Waals surface area contributed by atoms with Gasteiger partial charge in [0.15, 0.2) is 0 Å². The van der Waals surface area contributed by atoms with Gasteiger partial charge in [0, 0.05) is 6.42 Å². The Morgan fingerprint density at radius 3 is 2.75 bits per heavy atom. The van der Waals surface area contributed by atoms with E-state index in [4.69, 9.17) is 4.74 Å². The maximum absolute atomic E-state index is 11.6. The van der Waals surface area contributed by atoms with Gasteiger partial charge in [-0.2, -0.15) is 0 Å². The SMILES string of the molecule is COC(=O)CC[C@@H](C)[C@@H]1CC[C@@H]2[C@@H]3CC=C4C[C@@H](O)CC[C@]4(C)[C@H]3CC[C@@]21C. The van der Waals surface area contributed by atoms with Crippen molar-refractivity contribution in [3.05, 3.63) is 11.6 Å². The fourth-order valence-corrected chi connectivity index (χ4v) is 8.27. The molecule has 4 aliphatic rings. The van der Waals surface area contributed by atoms with Crippen LogP contribution in [0.1, 0.15) is 85.0 Å². The first kappa shape index (κ1) is 20.4. The molecule has 158 valence electrons. The predicted molar refractivity (Wildman–Crippen MR) is 112 cm³/mol. The lowest BCUT2D eigenvalue weighted by Crippen LogP contribution is -2.50. The van der Waals surface area contributed by atoms with E-state index in [2.05, 4.69) is 26.8 Å². The molecule has 8 atom stereocenters. The summed E-state index contributed by atoms with van der Waals surface area (Å²) in [7, 11) is 1.50. The minimum atomic E-state index is -0.115. The number of aliphatic hydroxyl groups excluding tert-OH is 1. The van der Waals surface area contributed by atoms with E-state index in [0.717, 1.165) is 42.9 Å². The normalized spacial score (nSPS) is 46.0. The zero-order chi connectivity index (χ0) is 20.1. The highest BCUT2D eigenvalue weighted by Crippen LogP contribution is 2.67. The number of hydrogen-bond acceptors (Lipinski definition) is 3. The van der Waals surface area contributed by atoms with Gasteiger partial charge in [-0.15, -0.1) is 0 Å². The third-order valence-electron chi connectivity index (χ3n) is 9.87. The van der Waals surface area contributed by atoms with Crippen molar-refractivity contribution < 1.29 is 14.6 Å². The van der Waals surface area contributed by atoms with Gasteiger partial charge in [-0.05, 0) is 98.2 Å². The van der Waals surface area contributed by atoms with Gasteiger partial charge in [0.2, 0.25) is 0 Å². The molecule has 4 rings (SSSR count). The molecule has 3 fully saturated rings. The lowest BCUT2D eigenvalue weighted by atomic mass is 9.47. The summed E-state index contributed by atoms with van der Waals surface area (Å²) < 4.78 is 4.87. The van der Waals surface area contributed by atoms with E-state index in [1.807, 2.05) is 0 Å². The summed E-state index contributed by atoms with van der Waals surface area (Å²) in [5, 5.41) is 10.2. The Hall–Kier alpha value is -0.830. The fraction of sp³-hybridized carbons (Fsp3) is 0.880. The second-order valence-corrected chi connectivity index (χ2v) is 11.0. The number of aliphatic hydroxyl groups is 1. The zero-order valence-electron chi connectivity index (χ0n) is 18.4. The highest BCUT2D eigenvalue weighted by molar-refractivity contribution is 5.69. The fourth-order valence-electron chi connectivity index (χ4n) is 8.27. The van der Waals surface area contributed by atoms with E-state index in [-0.39, 0.29) is 12.1 Å². The number of carbonyl (C=O) groups is 1. The topological polar surface area (TPSA) is 46.5 Å². The number of methoxy groups -OCH3 is 1. The van der Waals surface area contributed by atoms with E-state index in [9.17, 15) is 9.90 Å². The molecule has 0 spiro atoms. The third-order valence-corrected chi connectivity index (χ3v) is 9.87. The quantitative estimate of drug-likeness (QED) is 0.510. The van der Waals surface area contributed by atoms with Gasteiger partial charge in [0.1, 0.15) is 0 Å². The molecule has 3 heteroatoms. The van der Waals surface area contributed by atoms with E-state index in [0.29, 0.717) is 23.2 Å². The number of ether oxygens (including phenoxy) is 1. The molecule has 0 aromatic carbocycles. The Morgan fingerprint density at radius 2 is 2.00 bits per heavy atom. The lowest BCUT2D eigenvalue weighted by molar-refractivity contribution is -0.141. The molecule has 0 aliphatic heterocycles. The van der Waals surface area contributed by atoms with Crippen molar-refractivity contribution in [2.24, 2.45) is 40.4 Å². The first-order chi connectivity index (χ1) is 13.3. The highest BCUT2D eigenvalue weighted by atomic mass is 16.5. The molecule has 0 bridgehead atoms. The summed E-state index contributed by atoms with van der Waals surface area (Å²) in [4.78, 5) is 11.6. The van der Waals surface area contributed by atoms with Gasteiger partial charge in [-0.25, -0.2) is 0 Å². The van der Waals surface area contributed by atoms with E-state index in [1.165, 1.54) is 45.6 Å². The summed E-state index contributed by atoms with van der Waals surface area (Å²) >= 11 is 0. The minimum absolute atomic E-state index is 0.0624. The molecule has 4 aliphatic carbocycles. The minimum Gasteiger partial charge on any atom is -0.469 e. The van der Waals surface area contributed by atoms with Gasteiger partial charge in [0.25, 0.3) is 0 Å². The van der Waals surface area contributed by atoms with Crippen molar-refractivity contribution >= 4 is 5.97 Å². The van der Waals surface area contributed by atoms with Crippen LogP contribution >= 0.6 is 0 Å². The molecule has 0 amide bonds. The Kier molecular flexibility index (Phi) is 5.44. The van der Waals surface area contributed by atoms with Gasteiger partial charge in [-0.3, -0.25) is 4.79 Å². The van der Waals surface area contributed by atoms with Crippen molar-refractivity contribution in [1.29, 1.82) is 0 Å². The largest absolute Gasteiger partial charge is 0.469 e. The molecule has 3 nitrogen and oxygen atoms in total. The van der Waals surface area contributed by atoms with Crippen molar-refractivity contribution in [3.8, 4) is 0 Å². The van der Waals surface area contributed by atoms with Crippen LogP contribution in [0.2, 0.25) is 0 Å². The standard InChI is InChI=1S/C25H40O3/c1-16(5-10-23(27)28-4)20-8-9-21-19-7-6-17-15-18(26)11-13-24(17,2)22(19)12-14-25(20,21)3/h6,16,18-22,26H,5,7-15H2,1-4H3/t16-,18+,19+,20+,21-,22+,24+,25-/m1/s1. The molecule has 0 saturated heterocycles. The van der Waals surface area contributed by atoms with Crippen LogP contribution in [-0.4, -0.2) is 24.3 Å². The van der Waals surface area contributed by atoms with Gasteiger partial charge in [-0.1, -0.05) is 32.4 Å². The summed E-state index contributed by atoms with van der Waals surface area (Å²) in [6.45, 7) is 7.46. The van der Waals surface area contributed by atoms with Crippen LogP contribution in [0.4, 0.5) is 0 Å². The molecule has 0 heterocycles. The molecule has 28 heavy (non-hydrogen) atoms. The molecule has 3 saturated carbocycles. The predicted octanol–water partition coefficient (Wildman–Crippen LogP) is 5.52. The number of hydrogen-bond donors (Lipinski definition) is 1. The molecule has 1 N–H and O–H groups in total. The van der Waals surface area contributed by atoms with E-state index >= 15 is 0 Å². The second-order valence-electron chi connectivity index (χ2n) is 11.0. The van der Waals surface area contributed by atoms with Crippen LogP contribution in [0.3, 0.4) is 0 Å². The average molecular weight is 389 g/mol. The Balaban J connectivity index is 1.51. The third kappa shape index (κ3) is 3.16. The van der Waals surface area contributed by atoms with E-state index < -0.39 is 0 Å². The van der Waals surface area contributed by atoms with Crippen molar-refractivity contribution in [2.45, 2.75) is 91.1 Å². The van der Waals surface area contributed by atoms with Crippen LogP contribution in [-0.2, 0) is 9.53 Å². The first-order valence-electron chi connectivity index (χ1n) is 11.7. The number of fused-ring (bicyclic) bond motifs is 5. The summed E-state index contributed by atoms with van der Waals surface area (Å²) in [5.41, 5.74) is 2.34. The van der Waals surface area contributed by atoms with Crippen molar-refractivity contribution in [1.82, 2.24) is 0 Å². The molecule has 0 aromatic rings. The Bertz CT molecular complexity index is 640. The van der Waals surface area contributed by atoms with Crippen LogP contribution in [0.25, 0.3) is 0 Å². The Morgan fingerprint density at radius 1 is 1.21 bits per heavy atom. The molecule has 0 unspecified atom stereocenters. The van der Waals surface area contributed by atoms with Crippen LogP contribution < -0.4 is 0 Å². The van der Waals surface area contributed by atoms with E-state index in [1.54, 1.807) is 5.57 Å². The van der Waals surface area contributed by atoms with Crippen molar-refractivity contribution in [2.75, 3.05) is 7.11 Å². The molecule has 0 aromatic heterocycles. The van der Waals surface area contributed by atoms with Crippen LogP contribution in [0.5, 0.6) is 0 Å². The lowest BCUT2D eigenvalue weighted by Gasteiger charge is -2.58. The zero-order valence-corrected chi connectivity index (χ0v) is 18.4. The number of allylic oxidation sites excluding steroid dienone is 1. The number of carbonyl (C=O) groups excluding carboxylic acids is 1. The molecular formula is C25H40O3. The van der Waals surface area contributed by atoms with Gasteiger partial charge in [0.05, 0.1) is 13.2 Å². The van der Waals surface area contributed by atoms with Crippen LogP contribution in [0.15, 0.2) is 11.6 Å². The summed E-state index contributed by atoms with van der Waals surface area (Å²) in [6.07, 6.45) is 13.6. The van der Waals surface area contributed by atoms with Crippen LogP contribution in [0, 0.1) is 40.4 Å². The first-order valence-corrected chi connectivity index (χ1v) is 11.7. The Labute approximate surface area is 171 Å². The maximum atomic E-state index is 11.6. The highest BCUT2D eigenvalue weighted by Gasteiger charge is 2.59. The molecular weight excluding hydrogens is 348 g/mol. The smallest absolute Gasteiger partial charge is 0.305 e. The number of esters is 1. The number of rotatable bonds is 4. The average Bonchev–Trinajstić information content (AvgIpc) is 3.03. The summed E-state index contributed by atoms with van der Waals surface area (Å²) in [6, 6.07) is 0. The van der Waals surface area contributed by atoms with Gasteiger partial charge < -0.3 is 9.84 Å². The summed E-state index contributed by atoms with van der Waals surface area (Å²) in [5.74, 6) is 3.74. The monoisotopic (exact) mass is 388 g/mol. The van der Waals surface area contributed by atoms with Crippen molar-refractivity contribution in [3.63, 3.8) is 0 Å². The molecule has 0 radical (unpaired) electrons. The second kappa shape index (κ2) is 7.45. The van der Waals surface area contributed by atoms with Gasteiger partial charge >= 0.3 is 5.97 Å².